The molecule has 2 aliphatic carbocycles. The van der Waals surface area contributed by atoms with Gasteiger partial charge in [0.25, 0.3) is 0 Å². The summed E-state index contributed by atoms with van der Waals surface area (Å²) in [6, 6.07) is 17.9. The van der Waals surface area contributed by atoms with E-state index in [0.29, 0.717) is 0 Å². The molecule has 0 aromatic heterocycles. The zero-order valence-electron chi connectivity index (χ0n) is 13.6. The minimum absolute atomic E-state index is 0.0747. The third kappa shape index (κ3) is 4.41. The van der Waals surface area contributed by atoms with Crippen molar-refractivity contribution in [2.45, 2.75) is 25.4 Å². The number of aliphatic hydroxyl groups excluding tert-OH is 1. The van der Waals surface area contributed by atoms with E-state index in [0.717, 1.165) is 12.0 Å². The highest BCUT2D eigenvalue weighted by atomic mass is 16.3. The molecule has 0 bridgehead atoms. The van der Waals surface area contributed by atoms with Gasteiger partial charge in [-0.3, -0.25) is 10.1 Å². The summed E-state index contributed by atoms with van der Waals surface area (Å²) in [5, 5.41) is 14.9. The average Bonchev–Trinajstić information content (AvgIpc) is 2.59. The molecule has 3 N–H and O–H groups in total. The van der Waals surface area contributed by atoms with Crippen molar-refractivity contribution < 1.29 is 9.90 Å². The third-order valence-electron chi connectivity index (χ3n) is 3.98. The maximum atomic E-state index is 11.5. The van der Waals surface area contributed by atoms with Crippen LogP contribution in [0.2, 0.25) is 0 Å². The fourth-order valence-corrected chi connectivity index (χ4v) is 2.43. The first kappa shape index (κ1) is 17.2. The minimum Gasteiger partial charge on any atom is -0.394 e. The molecule has 0 spiro atoms. The van der Waals surface area contributed by atoms with Gasteiger partial charge in [-0.05, 0) is 23.1 Å². The summed E-state index contributed by atoms with van der Waals surface area (Å²) in [4.78, 5) is 11.5. The fourth-order valence-electron chi connectivity index (χ4n) is 2.43. The van der Waals surface area contributed by atoms with Crippen LogP contribution in [0.25, 0.3) is 11.1 Å². The lowest BCUT2D eigenvalue weighted by atomic mass is 9.95. The van der Waals surface area contributed by atoms with Gasteiger partial charge >= 0.3 is 0 Å². The lowest BCUT2D eigenvalue weighted by molar-refractivity contribution is -0.123. The number of carbonyl (C=O) groups excluding carboxylic acids is 1. The van der Waals surface area contributed by atoms with E-state index in [9.17, 15) is 9.90 Å². The number of amides is 1. The lowest BCUT2D eigenvalue weighted by Crippen LogP contribution is -2.46. The number of likely N-dealkylation sites (N-methyl/N-ethyl adjacent to an activating group) is 1. The van der Waals surface area contributed by atoms with Crippen molar-refractivity contribution in [1.29, 1.82) is 0 Å². The van der Waals surface area contributed by atoms with Crippen LogP contribution in [0, 0.1) is 0 Å². The minimum atomic E-state index is -0.565. The number of hydrogen-bond donors (Lipinski definition) is 3. The van der Waals surface area contributed by atoms with Crippen molar-refractivity contribution in [3.8, 4) is 11.1 Å². The van der Waals surface area contributed by atoms with E-state index in [1.807, 2.05) is 37.3 Å². The normalized spacial score (nSPS) is 13.3. The van der Waals surface area contributed by atoms with Crippen molar-refractivity contribution in [2.75, 3.05) is 13.7 Å². The SMILES string of the molecule is CCC(NC(CO)C(=O)NC)c1ccccc1.c1cc2ccc1-2. The smallest absolute Gasteiger partial charge is 0.239 e. The van der Waals surface area contributed by atoms with Crippen molar-refractivity contribution >= 4 is 5.91 Å². The van der Waals surface area contributed by atoms with Gasteiger partial charge < -0.3 is 10.4 Å². The molecule has 0 saturated heterocycles. The Morgan fingerprint density at radius 1 is 1.04 bits per heavy atom. The number of fused-ring (bicyclic) bond motifs is 1. The predicted octanol–water partition coefficient (Wildman–Crippen LogP) is 2.50. The highest BCUT2D eigenvalue weighted by Crippen LogP contribution is 2.29. The van der Waals surface area contributed by atoms with Crippen LogP contribution in [0.15, 0.2) is 54.6 Å². The monoisotopic (exact) mass is 312 g/mol. The maximum absolute atomic E-state index is 11.5. The quantitative estimate of drug-likeness (QED) is 0.655. The standard InChI is InChI=1S/C13H20N2O2.C6H4/c1-3-11(10-7-5-4-6-8-10)15-12(9-16)13(17)14-2;1-2-6-4-3-5(1)6/h4-8,11-12,15-16H,3,9H2,1-2H3,(H,14,17);1-4H. The molecule has 0 radical (unpaired) electrons. The average molecular weight is 312 g/mol. The molecule has 122 valence electrons. The number of carbonyl (C=O) groups is 1. The van der Waals surface area contributed by atoms with Gasteiger partial charge in [-0.2, -0.15) is 0 Å². The largest absolute Gasteiger partial charge is 0.394 e. The van der Waals surface area contributed by atoms with Gasteiger partial charge in [-0.15, -0.1) is 0 Å². The number of nitrogens with one attached hydrogen (secondary N) is 2. The molecule has 0 heterocycles. The van der Waals surface area contributed by atoms with Gasteiger partial charge in [-0.25, -0.2) is 0 Å². The zero-order valence-corrected chi connectivity index (χ0v) is 13.6. The summed E-state index contributed by atoms with van der Waals surface area (Å²) in [7, 11) is 1.57. The van der Waals surface area contributed by atoms with Gasteiger partial charge in [0.15, 0.2) is 0 Å². The molecule has 3 rings (SSSR count). The topological polar surface area (TPSA) is 61.4 Å². The van der Waals surface area contributed by atoms with Crippen LogP contribution >= 0.6 is 0 Å². The van der Waals surface area contributed by atoms with Crippen LogP contribution in [-0.4, -0.2) is 30.7 Å². The Morgan fingerprint density at radius 3 is 1.96 bits per heavy atom. The van der Waals surface area contributed by atoms with Crippen molar-refractivity contribution in [2.24, 2.45) is 0 Å². The second kappa shape index (κ2) is 8.46. The second-order valence-corrected chi connectivity index (χ2v) is 5.46. The van der Waals surface area contributed by atoms with Gasteiger partial charge in [0.05, 0.1) is 6.61 Å². The van der Waals surface area contributed by atoms with Gasteiger partial charge in [0.1, 0.15) is 6.04 Å². The molecule has 2 atom stereocenters. The molecular weight excluding hydrogens is 288 g/mol. The Hall–Kier alpha value is -2.17. The first-order chi connectivity index (χ1) is 11.2. The number of hydrogen-bond acceptors (Lipinski definition) is 3. The van der Waals surface area contributed by atoms with E-state index in [4.69, 9.17) is 0 Å². The summed E-state index contributed by atoms with van der Waals surface area (Å²) < 4.78 is 0. The van der Waals surface area contributed by atoms with E-state index in [2.05, 4.69) is 34.9 Å². The molecule has 23 heavy (non-hydrogen) atoms. The van der Waals surface area contributed by atoms with Crippen molar-refractivity contribution in [3.05, 3.63) is 60.2 Å². The van der Waals surface area contributed by atoms with Crippen LogP contribution in [0.5, 0.6) is 0 Å². The van der Waals surface area contributed by atoms with Crippen LogP contribution < -0.4 is 10.6 Å². The Bertz CT molecular complexity index is 590. The summed E-state index contributed by atoms with van der Waals surface area (Å²) >= 11 is 0. The van der Waals surface area contributed by atoms with Crippen LogP contribution in [0.3, 0.4) is 0 Å². The van der Waals surface area contributed by atoms with Crippen molar-refractivity contribution in [1.82, 2.24) is 10.6 Å². The van der Waals surface area contributed by atoms with Gasteiger partial charge in [0, 0.05) is 13.1 Å². The zero-order chi connectivity index (χ0) is 16.7. The first-order valence-corrected chi connectivity index (χ1v) is 7.93. The van der Waals surface area contributed by atoms with E-state index in [1.54, 1.807) is 7.05 Å². The molecular formula is C19H24N2O2. The van der Waals surface area contributed by atoms with Crippen LogP contribution in [0.4, 0.5) is 0 Å². The Balaban J connectivity index is 0.000000260. The first-order valence-electron chi connectivity index (χ1n) is 7.93. The fraction of sp³-hybridized carbons (Fsp3) is 0.316. The highest BCUT2D eigenvalue weighted by Gasteiger charge is 2.20. The Labute approximate surface area is 137 Å². The van der Waals surface area contributed by atoms with E-state index < -0.39 is 6.04 Å². The van der Waals surface area contributed by atoms with E-state index in [1.165, 1.54) is 11.1 Å². The number of rotatable bonds is 6. The Kier molecular flexibility index (Phi) is 6.32. The summed E-state index contributed by atoms with van der Waals surface area (Å²) in [5.41, 5.74) is 3.97. The van der Waals surface area contributed by atoms with Crippen molar-refractivity contribution in [3.63, 3.8) is 0 Å². The Morgan fingerprint density at radius 2 is 1.61 bits per heavy atom. The molecule has 4 nitrogen and oxygen atoms in total. The van der Waals surface area contributed by atoms with Gasteiger partial charge in [0.2, 0.25) is 5.91 Å². The second-order valence-electron chi connectivity index (χ2n) is 5.46. The highest BCUT2D eigenvalue weighted by molar-refractivity contribution is 5.81. The molecule has 0 saturated carbocycles. The van der Waals surface area contributed by atoms with Gasteiger partial charge in [-0.1, -0.05) is 61.5 Å². The summed E-state index contributed by atoms with van der Waals surface area (Å²) in [6.07, 6.45) is 0.859. The lowest BCUT2D eigenvalue weighted by Gasteiger charge is -2.23. The van der Waals surface area contributed by atoms with E-state index >= 15 is 0 Å². The molecule has 4 heteroatoms. The van der Waals surface area contributed by atoms with Crippen LogP contribution in [-0.2, 0) is 4.79 Å². The van der Waals surface area contributed by atoms with Crippen LogP contribution in [0.1, 0.15) is 24.9 Å². The number of aliphatic hydroxyl groups is 1. The molecule has 1 aromatic carbocycles. The third-order valence-corrected chi connectivity index (χ3v) is 3.98. The molecule has 1 aromatic rings. The van der Waals surface area contributed by atoms with E-state index in [-0.39, 0.29) is 18.6 Å². The number of benzene rings is 2. The predicted molar refractivity (Wildman–Crippen MR) is 93.0 cm³/mol. The summed E-state index contributed by atoms with van der Waals surface area (Å²) in [5.74, 6) is -0.193. The molecule has 2 aliphatic rings. The molecule has 0 aliphatic heterocycles. The summed E-state index contributed by atoms with van der Waals surface area (Å²) in [6.45, 7) is 1.84. The molecule has 0 fully saturated rings. The molecule has 1 amide bonds. The molecule has 2 unspecified atom stereocenters. The maximum Gasteiger partial charge on any atom is 0.239 e.